The molecule has 0 atom stereocenters. The van der Waals surface area contributed by atoms with Crippen LogP contribution in [0.2, 0.25) is 5.02 Å². The van der Waals surface area contributed by atoms with Gasteiger partial charge in [0.05, 0.1) is 13.3 Å². The molecule has 0 bridgehead atoms. The van der Waals surface area contributed by atoms with E-state index in [1.807, 2.05) is 0 Å². The quantitative estimate of drug-likeness (QED) is 0.797. The fraction of sp³-hybridized carbons (Fsp3) is 0.667. The van der Waals surface area contributed by atoms with E-state index in [0.717, 1.165) is 19.4 Å². The van der Waals surface area contributed by atoms with E-state index in [2.05, 4.69) is 29.1 Å². The number of hydrogen-bond donors (Lipinski definition) is 2. The Morgan fingerprint density at radius 3 is 2.83 bits per heavy atom. The first-order chi connectivity index (χ1) is 8.48. The molecule has 5 nitrogen and oxygen atoms in total. The van der Waals surface area contributed by atoms with Crippen LogP contribution in [0.5, 0.6) is 6.01 Å². The summed E-state index contributed by atoms with van der Waals surface area (Å²) in [5.74, 6) is 0.601. The number of nitrogens with two attached hydrogens (primary N) is 1. The van der Waals surface area contributed by atoms with Gasteiger partial charge in [-0.25, -0.2) is 4.98 Å². The summed E-state index contributed by atoms with van der Waals surface area (Å²) < 4.78 is 4.97. The van der Waals surface area contributed by atoms with Gasteiger partial charge in [0.1, 0.15) is 5.02 Å². The minimum absolute atomic E-state index is 0.140. The van der Waals surface area contributed by atoms with Crippen LogP contribution in [-0.4, -0.2) is 30.2 Å². The van der Waals surface area contributed by atoms with Gasteiger partial charge < -0.3 is 15.8 Å². The molecule has 1 heterocycles. The van der Waals surface area contributed by atoms with Gasteiger partial charge in [0.25, 0.3) is 0 Å². The van der Waals surface area contributed by atoms with E-state index < -0.39 is 0 Å². The molecule has 18 heavy (non-hydrogen) atoms. The van der Waals surface area contributed by atoms with E-state index in [1.54, 1.807) is 0 Å². The molecule has 0 saturated carbocycles. The van der Waals surface area contributed by atoms with Crippen LogP contribution in [0.1, 0.15) is 26.7 Å². The molecule has 6 heteroatoms. The highest BCUT2D eigenvalue weighted by Gasteiger charge is 2.18. The zero-order valence-corrected chi connectivity index (χ0v) is 11.9. The smallest absolute Gasteiger partial charge is 0.318 e. The molecule has 1 aromatic rings. The Morgan fingerprint density at radius 1 is 1.50 bits per heavy atom. The van der Waals surface area contributed by atoms with Crippen molar-refractivity contribution in [2.75, 3.05) is 25.5 Å². The van der Waals surface area contributed by atoms with Crippen molar-refractivity contribution in [2.24, 2.45) is 11.1 Å². The zero-order chi connectivity index (χ0) is 13.6. The van der Waals surface area contributed by atoms with Crippen LogP contribution in [0.3, 0.4) is 0 Å². The molecule has 0 aliphatic rings. The van der Waals surface area contributed by atoms with Crippen LogP contribution >= 0.6 is 11.6 Å². The van der Waals surface area contributed by atoms with E-state index in [-0.39, 0.29) is 5.41 Å². The topological polar surface area (TPSA) is 73.1 Å². The Hall–Kier alpha value is -1.07. The van der Waals surface area contributed by atoms with Gasteiger partial charge in [-0.2, -0.15) is 4.98 Å². The van der Waals surface area contributed by atoms with E-state index >= 15 is 0 Å². The number of halogens is 1. The summed E-state index contributed by atoms with van der Waals surface area (Å²) in [6, 6.07) is 0.307. The first-order valence-electron chi connectivity index (χ1n) is 5.99. The maximum Gasteiger partial charge on any atom is 0.318 e. The number of rotatable bonds is 7. The van der Waals surface area contributed by atoms with Crippen molar-refractivity contribution in [3.8, 4) is 6.01 Å². The monoisotopic (exact) mass is 272 g/mol. The van der Waals surface area contributed by atoms with Crippen LogP contribution < -0.4 is 15.8 Å². The second kappa shape index (κ2) is 6.75. The Labute approximate surface area is 113 Å². The molecule has 0 aromatic carbocycles. The third-order valence-electron chi connectivity index (χ3n) is 2.70. The highest BCUT2D eigenvalue weighted by molar-refractivity contribution is 6.32. The lowest BCUT2D eigenvalue weighted by Crippen LogP contribution is -2.24. The van der Waals surface area contributed by atoms with Crippen LogP contribution in [-0.2, 0) is 0 Å². The normalized spacial score (nSPS) is 11.4. The van der Waals surface area contributed by atoms with Gasteiger partial charge in [0, 0.05) is 6.54 Å². The van der Waals surface area contributed by atoms with Crippen molar-refractivity contribution in [2.45, 2.75) is 26.7 Å². The van der Waals surface area contributed by atoms with E-state index in [9.17, 15) is 0 Å². The number of hydrogen-bond acceptors (Lipinski definition) is 5. The minimum atomic E-state index is 0.140. The minimum Gasteiger partial charge on any atom is -0.467 e. The molecule has 0 aliphatic carbocycles. The maximum atomic E-state index is 6.02. The molecule has 0 spiro atoms. The number of nitrogens with one attached hydrogen (secondary N) is 1. The highest BCUT2D eigenvalue weighted by atomic mass is 35.5. The third-order valence-corrected chi connectivity index (χ3v) is 2.97. The average Bonchev–Trinajstić information content (AvgIpc) is 2.35. The van der Waals surface area contributed by atoms with Gasteiger partial charge in [0.15, 0.2) is 5.82 Å². The molecule has 0 saturated heterocycles. The van der Waals surface area contributed by atoms with Crippen molar-refractivity contribution < 1.29 is 4.74 Å². The Morgan fingerprint density at radius 2 is 2.22 bits per heavy atom. The van der Waals surface area contributed by atoms with Gasteiger partial charge in [-0.1, -0.05) is 25.4 Å². The lowest BCUT2D eigenvalue weighted by Gasteiger charge is -2.25. The Kier molecular flexibility index (Phi) is 5.62. The third kappa shape index (κ3) is 4.66. The largest absolute Gasteiger partial charge is 0.467 e. The summed E-state index contributed by atoms with van der Waals surface area (Å²) in [7, 11) is 1.53. The number of nitrogens with zero attached hydrogens (tertiary/aromatic N) is 2. The summed E-state index contributed by atoms with van der Waals surface area (Å²) in [5.41, 5.74) is 5.67. The second-order valence-corrected chi connectivity index (χ2v) is 5.37. The molecular formula is C12H21ClN4O. The summed E-state index contributed by atoms with van der Waals surface area (Å²) in [6.07, 6.45) is 3.59. The number of ether oxygens (including phenoxy) is 1. The molecule has 0 unspecified atom stereocenters. The van der Waals surface area contributed by atoms with Gasteiger partial charge in [0.2, 0.25) is 0 Å². The highest BCUT2D eigenvalue weighted by Crippen LogP contribution is 2.25. The molecule has 0 fully saturated rings. The van der Waals surface area contributed by atoms with Crippen molar-refractivity contribution in [1.29, 1.82) is 0 Å². The molecule has 1 rings (SSSR count). The fourth-order valence-electron chi connectivity index (χ4n) is 1.57. The standard InChI is InChI=1S/C12H21ClN4O/c1-12(2,5-4-6-14)8-16-10-9(13)7-15-11(17-10)18-3/h7H,4-6,8,14H2,1-3H3,(H,15,16,17). The average molecular weight is 273 g/mol. The predicted molar refractivity (Wildman–Crippen MR) is 74.2 cm³/mol. The predicted octanol–water partition coefficient (Wildman–Crippen LogP) is 2.32. The summed E-state index contributed by atoms with van der Waals surface area (Å²) in [4.78, 5) is 8.10. The zero-order valence-electron chi connectivity index (χ0n) is 11.2. The molecule has 0 amide bonds. The summed E-state index contributed by atoms with van der Waals surface area (Å²) in [5, 5.41) is 3.72. The van der Waals surface area contributed by atoms with Gasteiger partial charge in [-0.3, -0.25) is 0 Å². The van der Waals surface area contributed by atoms with E-state index in [4.69, 9.17) is 22.1 Å². The van der Waals surface area contributed by atoms with Crippen molar-refractivity contribution in [3.05, 3.63) is 11.2 Å². The second-order valence-electron chi connectivity index (χ2n) is 4.96. The van der Waals surface area contributed by atoms with E-state index in [1.165, 1.54) is 13.3 Å². The van der Waals surface area contributed by atoms with Gasteiger partial charge >= 0.3 is 6.01 Å². The number of anilines is 1. The molecule has 0 radical (unpaired) electrons. The molecule has 102 valence electrons. The SMILES string of the molecule is COc1ncc(Cl)c(NCC(C)(C)CCCN)n1. The fourth-order valence-corrected chi connectivity index (χ4v) is 1.72. The van der Waals surface area contributed by atoms with Crippen molar-refractivity contribution in [3.63, 3.8) is 0 Å². The molecule has 0 aliphatic heterocycles. The molecular weight excluding hydrogens is 252 g/mol. The van der Waals surface area contributed by atoms with Crippen LogP contribution in [0, 0.1) is 5.41 Å². The van der Waals surface area contributed by atoms with Gasteiger partial charge in [-0.15, -0.1) is 0 Å². The maximum absolute atomic E-state index is 6.02. The van der Waals surface area contributed by atoms with Gasteiger partial charge in [-0.05, 0) is 24.8 Å². The Bertz CT molecular complexity index is 384. The van der Waals surface area contributed by atoms with E-state index in [0.29, 0.717) is 23.4 Å². The first-order valence-corrected chi connectivity index (χ1v) is 6.37. The number of aromatic nitrogens is 2. The van der Waals surface area contributed by atoms with Crippen molar-refractivity contribution in [1.82, 2.24) is 9.97 Å². The van der Waals surface area contributed by atoms with Crippen molar-refractivity contribution >= 4 is 17.4 Å². The number of methoxy groups -OCH3 is 1. The van der Waals surface area contributed by atoms with Crippen LogP contribution in [0.25, 0.3) is 0 Å². The molecule has 3 N–H and O–H groups in total. The summed E-state index contributed by atoms with van der Waals surface area (Å²) in [6.45, 7) is 5.85. The Balaban J connectivity index is 2.62. The molecule has 1 aromatic heterocycles. The lowest BCUT2D eigenvalue weighted by atomic mass is 9.88. The summed E-state index contributed by atoms with van der Waals surface area (Å²) >= 11 is 6.02. The first kappa shape index (κ1) is 15.0. The lowest BCUT2D eigenvalue weighted by molar-refractivity contribution is 0.349. The van der Waals surface area contributed by atoms with Crippen LogP contribution in [0.4, 0.5) is 5.82 Å². The van der Waals surface area contributed by atoms with Crippen LogP contribution in [0.15, 0.2) is 6.20 Å².